The van der Waals surface area contributed by atoms with Crippen LogP contribution in [0.5, 0.6) is 17.2 Å². The highest BCUT2D eigenvalue weighted by molar-refractivity contribution is 6.66. The van der Waals surface area contributed by atoms with Gasteiger partial charge in [0.25, 0.3) is 0 Å². The first-order valence-electron chi connectivity index (χ1n) is 4.41. The molecule has 1 rings (SSSR count). The molecule has 1 N–H and O–H groups in total. The lowest BCUT2D eigenvalue weighted by molar-refractivity contribution is -0.107. The number of carbonyl (C=O) groups is 1. The number of hydrogen-bond acceptors (Lipinski definition) is 4. The molecule has 0 aliphatic rings. The smallest absolute Gasteiger partial charge is 0.245 e. The van der Waals surface area contributed by atoms with Crippen LogP contribution in [0, 0.1) is 0 Å². The summed E-state index contributed by atoms with van der Waals surface area (Å²) in [6.45, 7) is 0. The van der Waals surface area contributed by atoms with Crippen molar-refractivity contribution in [3.8, 4) is 17.2 Å². The van der Waals surface area contributed by atoms with Crippen LogP contribution in [-0.4, -0.2) is 24.6 Å². The minimum absolute atomic E-state index is 0.0839. The molecule has 0 saturated carbocycles. The van der Waals surface area contributed by atoms with E-state index in [-0.39, 0.29) is 17.2 Å². The number of allylic oxidation sites excluding steroid dienone is 1. The van der Waals surface area contributed by atoms with Gasteiger partial charge in [-0.1, -0.05) is 0 Å². The van der Waals surface area contributed by atoms with E-state index in [1.165, 1.54) is 26.4 Å². The lowest BCUT2D eigenvalue weighted by Crippen LogP contribution is -1.90. The van der Waals surface area contributed by atoms with Gasteiger partial charge >= 0.3 is 0 Å². The van der Waals surface area contributed by atoms with E-state index in [2.05, 4.69) is 0 Å². The van der Waals surface area contributed by atoms with Crippen molar-refractivity contribution < 1.29 is 19.4 Å². The summed E-state index contributed by atoms with van der Waals surface area (Å²) in [5.74, 6) is 0.446. The normalized spacial score (nSPS) is 10.4. The second kappa shape index (κ2) is 5.42. The second-order valence-electron chi connectivity index (χ2n) is 2.91. The van der Waals surface area contributed by atoms with E-state index < -0.39 is 5.24 Å². The van der Waals surface area contributed by atoms with E-state index >= 15 is 0 Å². The standard InChI is InChI=1S/C11H11ClO4/c1-15-8-5-7(3-4-10(12)13)6-9(16-2)11(8)14/h3-6,14H,1-2H3/b4-3+. The average molecular weight is 243 g/mol. The molecule has 0 unspecified atom stereocenters. The van der Waals surface area contributed by atoms with Gasteiger partial charge in [0.1, 0.15) is 0 Å². The second-order valence-corrected chi connectivity index (χ2v) is 3.28. The van der Waals surface area contributed by atoms with E-state index in [1.54, 1.807) is 12.1 Å². The highest BCUT2D eigenvalue weighted by Crippen LogP contribution is 2.37. The molecule has 0 atom stereocenters. The fourth-order valence-corrected chi connectivity index (χ4v) is 1.23. The zero-order valence-electron chi connectivity index (χ0n) is 8.86. The summed E-state index contributed by atoms with van der Waals surface area (Å²) in [6.07, 6.45) is 2.70. The first kappa shape index (κ1) is 12.4. The van der Waals surface area contributed by atoms with Crippen LogP contribution in [0.4, 0.5) is 0 Å². The van der Waals surface area contributed by atoms with Crippen LogP contribution in [0.2, 0.25) is 0 Å². The summed E-state index contributed by atoms with van der Waals surface area (Å²) in [5.41, 5.74) is 0.639. The van der Waals surface area contributed by atoms with Crippen molar-refractivity contribution in [2.45, 2.75) is 0 Å². The van der Waals surface area contributed by atoms with Gasteiger partial charge < -0.3 is 14.6 Å². The SMILES string of the molecule is COc1cc(/C=C/C(=O)Cl)cc(OC)c1O. The van der Waals surface area contributed by atoms with Crippen LogP contribution in [0.3, 0.4) is 0 Å². The Morgan fingerprint density at radius 1 is 1.31 bits per heavy atom. The van der Waals surface area contributed by atoms with Gasteiger partial charge in [-0.05, 0) is 41.4 Å². The Labute approximate surface area is 98.1 Å². The molecule has 0 amide bonds. The summed E-state index contributed by atoms with van der Waals surface area (Å²) in [7, 11) is 2.85. The maximum atomic E-state index is 10.6. The highest BCUT2D eigenvalue weighted by atomic mass is 35.5. The molecule has 86 valence electrons. The minimum Gasteiger partial charge on any atom is -0.502 e. The molecule has 1 aromatic rings. The van der Waals surface area contributed by atoms with Crippen LogP contribution in [-0.2, 0) is 4.79 Å². The third-order valence-electron chi connectivity index (χ3n) is 1.91. The van der Waals surface area contributed by atoms with Crippen molar-refractivity contribution in [2.75, 3.05) is 14.2 Å². The fourth-order valence-electron chi connectivity index (χ4n) is 1.17. The van der Waals surface area contributed by atoms with Gasteiger partial charge in [0.2, 0.25) is 11.0 Å². The van der Waals surface area contributed by atoms with Crippen LogP contribution >= 0.6 is 11.6 Å². The molecule has 0 aliphatic carbocycles. The van der Waals surface area contributed by atoms with Crippen LogP contribution in [0.15, 0.2) is 18.2 Å². The summed E-state index contributed by atoms with van der Waals surface area (Å²) in [4.78, 5) is 10.6. The van der Waals surface area contributed by atoms with Gasteiger partial charge in [-0.3, -0.25) is 4.79 Å². The number of phenols is 1. The van der Waals surface area contributed by atoms with Crippen LogP contribution in [0.1, 0.15) is 5.56 Å². The fraction of sp³-hybridized carbons (Fsp3) is 0.182. The molecule has 0 aromatic heterocycles. The Morgan fingerprint density at radius 2 is 1.81 bits per heavy atom. The maximum absolute atomic E-state index is 10.6. The van der Waals surface area contributed by atoms with Gasteiger partial charge in [0.15, 0.2) is 11.5 Å². The number of rotatable bonds is 4. The van der Waals surface area contributed by atoms with E-state index in [0.29, 0.717) is 5.56 Å². The molecule has 1 aromatic carbocycles. The van der Waals surface area contributed by atoms with E-state index in [0.717, 1.165) is 0 Å². The highest BCUT2D eigenvalue weighted by Gasteiger charge is 2.09. The molecule has 5 heteroatoms. The molecular formula is C11H11ClO4. The topological polar surface area (TPSA) is 55.8 Å². The van der Waals surface area contributed by atoms with Crippen molar-refractivity contribution in [1.82, 2.24) is 0 Å². The predicted molar refractivity (Wildman–Crippen MR) is 61.1 cm³/mol. The Balaban J connectivity index is 3.16. The monoisotopic (exact) mass is 242 g/mol. The number of hydrogen-bond donors (Lipinski definition) is 1. The number of methoxy groups -OCH3 is 2. The maximum Gasteiger partial charge on any atom is 0.245 e. The average Bonchev–Trinajstić information content (AvgIpc) is 2.27. The first-order chi connectivity index (χ1) is 7.58. The van der Waals surface area contributed by atoms with E-state index in [9.17, 15) is 9.90 Å². The number of halogens is 1. The first-order valence-corrected chi connectivity index (χ1v) is 4.78. The third-order valence-corrected chi connectivity index (χ3v) is 2.03. The third kappa shape index (κ3) is 2.90. The molecule has 4 nitrogen and oxygen atoms in total. The number of ether oxygens (including phenoxy) is 2. The summed E-state index contributed by atoms with van der Waals surface area (Å²) in [6, 6.07) is 3.13. The summed E-state index contributed by atoms with van der Waals surface area (Å²) in [5, 5.41) is 9.05. The Bertz CT molecular complexity index is 401. The lowest BCUT2D eigenvalue weighted by atomic mass is 10.1. The van der Waals surface area contributed by atoms with E-state index in [1.807, 2.05) is 0 Å². The van der Waals surface area contributed by atoms with Crippen molar-refractivity contribution in [1.29, 1.82) is 0 Å². The van der Waals surface area contributed by atoms with Gasteiger partial charge in [-0.15, -0.1) is 0 Å². The lowest BCUT2D eigenvalue weighted by Gasteiger charge is -2.09. The molecule has 0 aliphatic heterocycles. The Hall–Kier alpha value is -1.68. The molecular weight excluding hydrogens is 232 g/mol. The molecule has 0 radical (unpaired) electrons. The quantitative estimate of drug-likeness (QED) is 0.650. The number of benzene rings is 1. The van der Waals surface area contributed by atoms with Gasteiger partial charge in [0.05, 0.1) is 14.2 Å². The van der Waals surface area contributed by atoms with Crippen LogP contribution < -0.4 is 9.47 Å². The predicted octanol–water partition coefficient (Wildman–Crippen LogP) is 2.19. The van der Waals surface area contributed by atoms with Crippen molar-refractivity contribution in [2.24, 2.45) is 0 Å². The largest absolute Gasteiger partial charge is 0.502 e. The van der Waals surface area contributed by atoms with E-state index in [4.69, 9.17) is 21.1 Å². The van der Waals surface area contributed by atoms with Gasteiger partial charge in [-0.2, -0.15) is 0 Å². The zero-order chi connectivity index (χ0) is 12.1. The molecule has 0 saturated heterocycles. The Morgan fingerprint density at radius 3 is 2.19 bits per heavy atom. The minimum atomic E-state index is -0.578. The number of phenolic OH excluding ortho intramolecular Hbond substituents is 1. The molecule has 16 heavy (non-hydrogen) atoms. The Kier molecular flexibility index (Phi) is 4.19. The van der Waals surface area contributed by atoms with Crippen molar-refractivity contribution in [3.63, 3.8) is 0 Å². The molecule has 0 heterocycles. The van der Waals surface area contributed by atoms with Crippen molar-refractivity contribution >= 4 is 22.9 Å². The zero-order valence-corrected chi connectivity index (χ0v) is 9.62. The number of aromatic hydroxyl groups is 1. The molecule has 0 fully saturated rings. The van der Waals surface area contributed by atoms with Crippen molar-refractivity contribution in [3.05, 3.63) is 23.8 Å². The molecule has 0 spiro atoms. The number of carbonyl (C=O) groups excluding carboxylic acids is 1. The summed E-state index contributed by atoms with van der Waals surface area (Å²) < 4.78 is 9.91. The van der Waals surface area contributed by atoms with Crippen LogP contribution in [0.25, 0.3) is 6.08 Å². The van der Waals surface area contributed by atoms with Gasteiger partial charge in [0, 0.05) is 0 Å². The summed E-state index contributed by atoms with van der Waals surface area (Å²) >= 11 is 5.17. The molecule has 0 bridgehead atoms. The van der Waals surface area contributed by atoms with Gasteiger partial charge in [-0.25, -0.2) is 0 Å².